The van der Waals surface area contributed by atoms with Crippen LogP contribution in [0.4, 0.5) is 0 Å². The van der Waals surface area contributed by atoms with Crippen LogP contribution >= 0.6 is 0 Å². The van der Waals surface area contributed by atoms with Gasteiger partial charge in [0.25, 0.3) is 0 Å². The third-order valence-corrected chi connectivity index (χ3v) is 10.2. The molecule has 0 aliphatic carbocycles. The average molecular weight is 747 g/mol. The molecule has 0 atom stereocenters. The van der Waals surface area contributed by atoms with E-state index in [4.69, 9.17) is 11.0 Å². The van der Waals surface area contributed by atoms with Gasteiger partial charge in [-0.15, -0.1) is 0 Å². The van der Waals surface area contributed by atoms with Crippen LogP contribution in [0.2, 0.25) is 0 Å². The Morgan fingerprint density at radius 1 is 0.316 bits per heavy atom. The van der Waals surface area contributed by atoms with E-state index in [2.05, 4.69) is 0 Å². The molecule has 9 aromatic carbocycles. The fourth-order valence-corrected chi connectivity index (χ4v) is 7.78. The van der Waals surface area contributed by atoms with Gasteiger partial charge in [-0.05, 0) is 89.3 Å². The lowest BCUT2D eigenvalue weighted by atomic mass is 9.99. The van der Waals surface area contributed by atoms with Gasteiger partial charge in [-0.2, -0.15) is 0 Å². The highest BCUT2D eigenvalue weighted by Gasteiger charge is 2.20. The highest BCUT2D eigenvalue weighted by molar-refractivity contribution is 6.16. The first-order chi connectivity index (χ1) is 37.1. The van der Waals surface area contributed by atoms with Crippen molar-refractivity contribution in [3.05, 3.63) is 212 Å². The Balaban J connectivity index is 1.30. The number of fused-ring (bicyclic) bond motifs is 9. The molecule has 0 saturated carbocycles. The molecule has 12 rings (SSSR count). The lowest BCUT2D eigenvalue weighted by molar-refractivity contribution is 1.16. The zero-order chi connectivity index (χ0) is 55.7. The minimum Gasteiger partial charge on any atom is -0.309 e. The van der Waals surface area contributed by atoms with Crippen LogP contribution in [-0.2, 0) is 0 Å². The second-order valence-corrected chi connectivity index (χ2v) is 13.3. The van der Waals surface area contributed by atoms with Gasteiger partial charge in [-0.1, -0.05) is 139 Å². The van der Waals surface area contributed by atoms with E-state index in [-0.39, 0.29) is 49.3 Å². The molecule has 0 fully saturated rings. The lowest BCUT2D eigenvalue weighted by Gasteiger charge is -2.14. The van der Waals surface area contributed by atoms with Gasteiger partial charge >= 0.3 is 0 Å². The maximum Gasteiger partial charge on any atom is 0.0652 e. The van der Waals surface area contributed by atoms with Crippen molar-refractivity contribution in [3.63, 3.8) is 0 Å². The summed E-state index contributed by atoms with van der Waals surface area (Å²) in [6.07, 6.45) is 0. The van der Waals surface area contributed by atoms with Gasteiger partial charge < -0.3 is 13.7 Å². The van der Waals surface area contributed by atoms with Crippen molar-refractivity contribution in [1.29, 1.82) is 0 Å². The summed E-state index contributed by atoms with van der Waals surface area (Å²) in [6, 6.07) is 9.36. The van der Waals surface area contributed by atoms with Crippen molar-refractivity contribution < 1.29 is 28.8 Å². The fraction of sp³-hybridized carbons (Fsp3) is 0. The topological polar surface area (TPSA) is 14.8 Å². The Hall–Kier alpha value is -7.62. The van der Waals surface area contributed by atoms with Gasteiger partial charge in [0, 0.05) is 54.9 Å². The molecule has 57 heavy (non-hydrogen) atoms. The van der Waals surface area contributed by atoms with E-state index in [1.165, 1.54) is 9.13 Å². The van der Waals surface area contributed by atoms with E-state index in [9.17, 15) is 17.8 Å². The monoisotopic (exact) mass is 746 g/mol. The maximum absolute atomic E-state index is 10.2. The zero-order valence-corrected chi connectivity index (χ0v) is 29.4. The number of aromatic nitrogens is 3. The molecule has 3 aromatic heterocycles. The summed E-state index contributed by atoms with van der Waals surface area (Å²) in [5.41, 5.74) is -1.42. The Bertz CT molecular complexity index is 4740. The van der Waals surface area contributed by atoms with Gasteiger partial charge in [0.1, 0.15) is 0 Å². The van der Waals surface area contributed by atoms with Gasteiger partial charge in [0.2, 0.25) is 0 Å². The predicted molar refractivity (Wildman–Crippen MR) is 240 cm³/mol. The minimum absolute atomic E-state index is 0.139. The number of nitrogens with zero attached hydrogens (tertiary/aromatic N) is 3. The van der Waals surface area contributed by atoms with E-state index in [0.717, 1.165) is 10.1 Å². The van der Waals surface area contributed by atoms with Crippen LogP contribution in [0, 0.1) is 0 Å². The lowest BCUT2D eigenvalue weighted by Crippen LogP contribution is -1.96. The quantitative estimate of drug-likeness (QED) is 0.167. The van der Waals surface area contributed by atoms with Crippen molar-refractivity contribution in [1.82, 2.24) is 13.7 Å². The molecule has 0 unspecified atom stereocenters. The maximum atomic E-state index is 10.2. The molecule has 266 valence electrons. The van der Waals surface area contributed by atoms with Gasteiger partial charge in [-0.3, -0.25) is 0 Å². The van der Waals surface area contributed by atoms with Crippen LogP contribution in [0.15, 0.2) is 212 Å². The van der Waals surface area contributed by atoms with Crippen LogP contribution in [0.3, 0.4) is 0 Å². The Morgan fingerprint density at radius 2 is 0.842 bits per heavy atom. The molecule has 0 aliphatic heterocycles. The fourth-order valence-electron chi connectivity index (χ4n) is 7.78. The predicted octanol–water partition coefficient (Wildman–Crippen LogP) is 14.3. The number of para-hydroxylation sites is 5. The molecule has 0 amide bonds. The van der Waals surface area contributed by atoms with Crippen molar-refractivity contribution in [3.8, 4) is 39.3 Å². The van der Waals surface area contributed by atoms with Gasteiger partial charge in [0.05, 0.1) is 61.9 Å². The molecule has 0 spiro atoms. The molecule has 3 nitrogen and oxygen atoms in total. The largest absolute Gasteiger partial charge is 0.309 e. The molecule has 0 N–H and O–H groups in total. The highest BCUT2D eigenvalue weighted by atomic mass is 15.0. The first kappa shape index (κ1) is 17.5. The summed E-state index contributed by atoms with van der Waals surface area (Å²) >= 11 is 0. The Labute approximate surface area is 359 Å². The summed E-state index contributed by atoms with van der Waals surface area (Å²) in [6.45, 7) is 0. The molecule has 0 bridgehead atoms. The van der Waals surface area contributed by atoms with E-state index in [1.807, 2.05) is 30.3 Å². The van der Waals surface area contributed by atoms with Gasteiger partial charge in [-0.25, -0.2) is 0 Å². The summed E-state index contributed by atoms with van der Waals surface area (Å²) in [5.74, 6) is 0. The summed E-state index contributed by atoms with van der Waals surface area (Å²) in [4.78, 5) is 0. The third-order valence-electron chi connectivity index (χ3n) is 10.2. The standard InChI is InChI=1S/C54H35N3/c1-3-15-36(16-4-1)37-17-13-20-40(33-37)57-51-28-12-7-21-43(51)46-25-14-24-42(54(46)57)38-29-31-52-47(34-38)44-22-8-11-27-50(44)56(52)41-30-32-53-48(35-41)45-23-9-10-26-49(45)55(53)39-18-5-2-6-19-39/h1-35H/i7D,8D,9D,10D,11D,12D,14D,21D,22D,23D,24D,25D,26D,27D,28D,29D,30D,31D,32D,34D,35D. The van der Waals surface area contributed by atoms with Crippen LogP contribution in [-0.4, -0.2) is 13.7 Å². The number of benzene rings is 9. The van der Waals surface area contributed by atoms with Crippen LogP contribution in [0.1, 0.15) is 28.8 Å². The second kappa shape index (κ2) is 12.5. The molecule has 0 saturated heterocycles. The van der Waals surface area contributed by atoms with Crippen molar-refractivity contribution in [2.45, 2.75) is 0 Å². The van der Waals surface area contributed by atoms with Crippen LogP contribution < -0.4 is 0 Å². The van der Waals surface area contributed by atoms with E-state index in [0.29, 0.717) is 11.3 Å². The van der Waals surface area contributed by atoms with E-state index >= 15 is 0 Å². The first-order valence-electron chi connectivity index (χ1n) is 28.4. The molecular weight excluding hydrogens is 691 g/mol. The SMILES string of the molecule is [2H]c1c([2H])c([2H])c2c(c1[2H])c1c([2H])c(-n3c4c([2H])c([2H])c([2H])c([2H])c4c4c([2H])c(-c5c([2H])c([2H])c([2H])c6c7c([2H])c([2H])c([2H])c([2H])c7n(-c7cccc(-c8ccccc8)c7)c56)c([2H])c([2H])c43)c([2H])c([2H])c1n2-c1ccccc1. The molecule has 0 aliphatic rings. The normalized spacial score (nSPS) is 17.0. The van der Waals surface area contributed by atoms with Crippen molar-refractivity contribution in [2.24, 2.45) is 0 Å². The first-order valence-corrected chi connectivity index (χ1v) is 17.9. The number of hydrogen-bond acceptors (Lipinski definition) is 0. The minimum atomic E-state index is -0.854. The highest BCUT2D eigenvalue weighted by Crippen LogP contribution is 2.42. The average Bonchev–Trinajstić information content (AvgIpc) is 3.68. The Kier molecular flexibility index (Phi) is 3.81. The van der Waals surface area contributed by atoms with Gasteiger partial charge in [0.15, 0.2) is 0 Å². The molecule has 12 aromatic rings. The third kappa shape index (κ3) is 4.79. The zero-order valence-electron chi connectivity index (χ0n) is 50.4. The van der Waals surface area contributed by atoms with Crippen molar-refractivity contribution >= 4 is 65.4 Å². The summed E-state index contributed by atoms with van der Waals surface area (Å²) < 4.78 is 200. The second-order valence-electron chi connectivity index (χ2n) is 13.3. The molecule has 3 heteroatoms. The van der Waals surface area contributed by atoms with E-state index < -0.39 is 166 Å². The number of hydrogen-bond donors (Lipinski definition) is 0. The summed E-state index contributed by atoms with van der Waals surface area (Å²) in [7, 11) is 0. The van der Waals surface area contributed by atoms with Crippen molar-refractivity contribution in [2.75, 3.05) is 0 Å². The summed E-state index contributed by atoms with van der Waals surface area (Å²) in [5, 5.41) is -1.86. The van der Waals surface area contributed by atoms with E-state index in [1.54, 1.807) is 54.6 Å². The van der Waals surface area contributed by atoms with Crippen LogP contribution in [0.25, 0.3) is 105 Å². The molecule has 3 heterocycles. The smallest absolute Gasteiger partial charge is 0.0652 e. The molecular formula is C54H35N3. The van der Waals surface area contributed by atoms with Crippen LogP contribution in [0.5, 0.6) is 0 Å². The number of rotatable bonds is 5. The molecule has 0 radical (unpaired) electrons. The Morgan fingerprint density at radius 3 is 1.56 bits per heavy atom.